The zero-order valence-corrected chi connectivity index (χ0v) is 17.5. The Morgan fingerprint density at radius 3 is 2.55 bits per heavy atom. The summed E-state index contributed by atoms with van der Waals surface area (Å²) in [6.45, 7) is 0.648. The highest BCUT2D eigenvalue weighted by atomic mass is 16.5. The standard InChI is InChI=1S/C23H23N3O5/c1-29-17-10-9-15(20(11-17)30-2)13-25-14-19-18(22(27)21(25)23(28)31-3)12-24-26(19)16-7-5-4-6-8-16/h4-12,27H,13-14H2,1-3H3. The van der Waals surface area contributed by atoms with Crippen LogP contribution in [-0.2, 0) is 22.6 Å². The van der Waals surface area contributed by atoms with Crippen LogP contribution < -0.4 is 9.47 Å². The van der Waals surface area contributed by atoms with Crippen molar-refractivity contribution in [1.29, 1.82) is 0 Å². The Labute approximate surface area is 179 Å². The molecule has 0 aliphatic carbocycles. The highest BCUT2D eigenvalue weighted by Crippen LogP contribution is 2.35. The molecule has 1 aliphatic rings. The molecule has 160 valence electrons. The quantitative estimate of drug-likeness (QED) is 0.611. The van der Waals surface area contributed by atoms with Crippen LogP contribution in [-0.4, -0.2) is 47.1 Å². The van der Waals surface area contributed by atoms with Crippen LogP contribution in [0.25, 0.3) is 11.4 Å². The lowest BCUT2D eigenvalue weighted by atomic mass is 10.0. The molecule has 8 heteroatoms. The first-order valence-corrected chi connectivity index (χ1v) is 9.67. The number of carbonyl (C=O) groups excluding carboxylic acids is 1. The van der Waals surface area contributed by atoms with E-state index in [9.17, 15) is 9.90 Å². The van der Waals surface area contributed by atoms with Gasteiger partial charge in [-0.05, 0) is 24.3 Å². The van der Waals surface area contributed by atoms with E-state index >= 15 is 0 Å². The van der Waals surface area contributed by atoms with E-state index in [4.69, 9.17) is 14.2 Å². The number of aromatic nitrogens is 2. The molecule has 0 unspecified atom stereocenters. The highest BCUT2D eigenvalue weighted by Gasteiger charge is 2.33. The summed E-state index contributed by atoms with van der Waals surface area (Å²) in [5, 5.41) is 15.4. The van der Waals surface area contributed by atoms with Crippen molar-refractivity contribution in [2.24, 2.45) is 0 Å². The van der Waals surface area contributed by atoms with Crippen LogP contribution in [0.4, 0.5) is 0 Å². The number of ether oxygens (including phenoxy) is 3. The predicted octanol–water partition coefficient (Wildman–Crippen LogP) is 3.30. The molecule has 31 heavy (non-hydrogen) atoms. The van der Waals surface area contributed by atoms with E-state index in [-0.39, 0.29) is 11.5 Å². The number of aliphatic hydroxyl groups is 1. The van der Waals surface area contributed by atoms with Gasteiger partial charge < -0.3 is 24.2 Å². The van der Waals surface area contributed by atoms with Gasteiger partial charge >= 0.3 is 5.97 Å². The van der Waals surface area contributed by atoms with Crippen LogP contribution >= 0.6 is 0 Å². The lowest BCUT2D eigenvalue weighted by molar-refractivity contribution is -0.138. The Kier molecular flexibility index (Phi) is 5.53. The van der Waals surface area contributed by atoms with Crippen molar-refractivity contribution in [2.45, 2.75) is 13.1 Å². The van der Waals surface area contributed by atoms with Crippen LogP contribution in [0, 0.1) is 0 Å². The maximum absolute atomic E-state index is 12.6. The Hall–Kier alpha value is -3.94. The molecule has 0 saturated heterocycles. The van der Waals surface area contributed by atoms with E-state index in [2.05, 4.69) is 5.10 Å². The van der Waals surface area contributed by atoms with E-state index in [1.165, 1.54) is 7.11 Å². The van der Waals surface area contributed by atoms with E-state index in [1.54, 1.807) is 36.1 Å². The largest absolute Gasteiger partial charge is 0.505 e. The number of nitrogens with zero attached hydrogens (tertiary/aromatic N) is 3. The number of fused-ring (bicyclic) bond motifs is 1. The average molecular weight is 421 g/mol. The van der Waals surface area contributed by atoms with Gasteiger partial charge in [0, 0.05) is 18.2 Å². The summed E-state index contributed by atoms with van der Waals surface area (Å²) >= 11 is 0. The lowest BCUT2D eigenvalue weighted by Gasteiger charge is -2.31. The summed E-state index contributed by atoms with van der Waals surface area (Å²) in [5.41, 5.74) is 3.04. The van der Waals surface area contributed by atoms with Gasteiger partial charge in [0.1, 0.15) is 11.5 Å². The third-order valence-corrected chi connectivity index (χ3v) is 5.24. The zero-order valence-electron chi connectivity index (χ0n) is 17.5. The minimum Gasteiger partial charge on any atom is -0.505 e. The van der Waals surface area contributed by atoms with Gasteiger partial charge in [-0.25, -0.2) is 9.48 Å². The fourth-order valence-corrected chi connectivity index (χ4v) is 3.70. The number of rotatable bonds is 6. The molecule has 8 nitrogen and oxygen atoms in total. The van der Waals surface area contributed by atoms with E-state index < -0.39 is 5.97 Å². The maximum atomic E-state index is 12.6. The summed E-state index contributed by atoms with van der Waals surface area (Å²) in [4.78, 5) is 14.3. The van der Waals surface area contributed by atoms with Crippen LogP contribution in [0.5, 0.6) is 11.5 Å². The topological polar surface area (TPSA) is 86.0 Å². The molecule has 0 fully saturated rings. The number of aliphatic hydroxyl groups excluding tert-OH is 1. The fourth-order valence-electron chi connectivity index (χ4n) is 3.70. The summed E-state index contributed by atoms with van der Waals surface area (Å²) in [7, 11) is 4.45. The molecule has 3 aromatic rings. The van der Waals surface area contributed by atoms with Crippen molar-refractivity contribution < 1.29 is 24.1 Å². The first kappa shape index (κ1) is 20.3. The lowest BCUT2D eigenvalue weighted by Crippen LogP contribution is -2.33. The van der Waals surface area contributed by atoms with Crippen molar-refractivity contribution in [3.05, 3.63) is 77.2 Å². The molecule has 1 aliphatic heterocycles. The summed E-state index contributed by atoms with van der Waals surface area (Å²) in [5.74, 6) is 0.492. The second-order valence-electron chi connectivity index (χ2n) is 6.97. The summed E-state index contributed by atoms with van der Waals surface area (Å²) in [6, 6.07) is 15.1. The fraction of sp³-hybridized carbons (Fsp3) is 0.217. The monoisotopic (exact) mass is 421 g/mol. The number of benzene rings is 2. The molecule has 4 rings (SSSR count). The molecule has 2 aromatic carbocycles. The van der Waals surface area contributed by atoms with Crippen LogP contribution in [0.15, 0.2) is 60.4 Å². The van der Waals surface area contributed by atoms with Gasteiger partial charge in [-0.3, -0.25) is 0 Å². The molecule has 2 heterocycles. The van der Waals surface area contributed by atoms with Gasteiger partial charge in [0.15, 0.2) is 11.5 Å². The third-order valence-electron chi connectivity index (χ3n) is 5.24. The second kappa shape index (κ2) is 8.43. The van der Waals surface area contributed by atoms with Gasteiger partial charge in [0.25, 0.3) is 0 Å². The van der Waals surface area contributed by atoms with Crippen molar-refractivity contribution >= 4 is 11.7 Å². The summed E-state index contributed by atoms with van der Waals surface area (Å²) < 4.78 is 17.5. The molecule has 1 N–H and O–H groups in total. The molecule has 0 bridgehead atoms. The molecular weight excluding hydrogens is 398 g/mol. The molecular formula is C23H23N3O5. The van der Waals surface area contributed by atoms with E-state index in [0.29, 0.717) is 30.2 Å². The van der Waals surface area contributed by atoms with Crippen molar-refractivity contribution in [3.63, 3.8) is 0 Å². The highest BCUT2D eigenvalue weighted by molar-refractivity contribution is 5.96. The molecule has 1 aromatic heterocycles. The Bertz CT molecular complexity index is 1140. The third kappa shape index (κ3) is 3.68. The molecule has 0 radical (unpaired) electrons. The first-order valence-electron chi connectivity index (χ1n) is 9.67. The number of hydrogen-bond donors (Lipinski definition) is 1. The zero-order chi connectivity index (χ0) is 22.0. The predicted molar refractivity (Wildman–Crippen MR) is 114 cm³/mol. The first-order chi connectivity index (χ1) is 15.1. The number of esters is 1. The number of carbonyl (C=O) groups is 1. The van der Waals surface area contributed by atoms with Gasteiger partial charge in [0.05, 0.1) is 51.0 Å². The Balaban J connectivity index is 1.78. The van der Waals surface area contributed by atoms with Crippen molar-refractivity contribution in [3.8, 4) is 17.2 Å². The smallest absolute Gasteiger partial charge is 0.358 e. The second-order valence-corrected chi connectivity index (χ2v) is 6.97. The number of methoxy groups -OCH3 is 3. The minimum absolute atomic E-state index is 0.0838. The average Bonchev–Trinajstić information content (AvgIpc) is 3.24. The van der Waals surface area contributed by atoms with Crippen LogP contribution in [0.3, 0.4) is 0 Å². The summed E-state index contributed by atoms with van der Waals surface area (Å²) in [6.07, 6.45) is 1.56. The van der Waals surface area contributed by atoms with E-state index in [0.717, 1.165) is 16.9 Å². The van der Waals surface area contributed by atoms with Gasteiger partial charge in [0.2, 0.25) is 0 Å². The normalized spacial score (nSPS) is 13.1. The molecule has 0 spiro atoms. The van der Waals surface area contributed by atoms with Crippen molar-refractivity contribution in [2.75, 3.05) is 21.3 Å². The molecule has 0 saturated carbocycles. The van der Waals surface area contributed by atoms with Crippen LogP contribution in [0.1, 0.15) is 16.8 Å². The Morgan fingerprint density at radius 1 is 1.10 bits per heavy atom. The maximum Gasteiger partial charge on any atom is 0.358 e. The van der Waals surface area contributed by atoms with Crippen LogP contribution in [0.2, 0.25) is 0 Å². The number of hydrogen-bond acceptors (Lipinski definition) is 7. The number of para-hydroxylation sites is 1. The van der Waals surface area contributed by atoms with Gasteiger partial charge in [-0.2, -0.15) is 5.10 Å². The SMILES string of the molecule is COC(=O)C1=C(O)c2cnn(-c3ccccc3)c2CN1Cc1ccc(OC)cc1OC. The minimum atomic E-state index is -0.622. The molecule has 0 atom stereocenters. The van der Waals surface area contributed by atoms with E-state index in [1.807, 2.05) is 42.5 Å². The van der Waals surface area contributed by atoms with Gasteiger partial charge in [-0.1, -0.05) is 18.2 Å². The van der Waals surface area contributed by atoms with Crippen molar-refractivity contribution in [1.82, 2.24) is 14.7 Å². The molecule has 0 amide bonds. The Morgan fingerprint density at radius 2 is 1.87 bits per heavy atom. The van der Waals surface area contributed by atoms with Gasteiger partial charge in [-0.15, -0.1) is 0 Å².